The molecule has 19 heavy (non-hydrogen) atoms. The van der Waals surface area contributed by atoms with Crippen molar-refractivity contribution in [1.82, 2.24) is 9.80 Å². The van der Waals surface area contributed by atoms with Crippen LogP contribution in [0, 0.1) is 5.92 Å². The second-order valence-corrected chi connectivity index (χ2v) is 6.03. The van der Waals surface area contributed by atoms with Crippen molar-refractivity contribution in [3.05, 3.63) is 29.8 Å². The minimum Gasteiger partial charge on any atom is -0.384 e. The molecule has 1 aliphatic rings. The summed E-state index contributed by atoms with van der Waals surface area (Å²) in [5, 5.41) is 3.56. The highest BCUT2D eigenvalue weighted by atomic mass is 15.1. The van der Waals surface area contributed by atoms with Crippen LogP contribution in [0.4, 0.5) is 5.69 Å². The Morgan fingerprint density at radius 3 is 2.74 bits per heavy atom. The molecule has 1 atom stereocenters. The zero-order valence-electron chi connectivity index (χ0n) is 12.5. The molecule has 1 aromatic carbocycles. The summed E-state index contributed by atoms with van der Waals surface area (Å²) in [6, 6.07) is 8.69. The molecule has 0 aliphatic carbocycles. The molecule has 0 saturated heterocycles. The van der Waals surface area contributed by atoms with Crippen LogP contribution < -0.4 is 5.32 Å². The second-order valence-electron chi connectivity index (χ2n) is 6.03. The fourth-order valence-electron chi connectivity index (χ4n) is 2.83. The predicted molar refractivity (Wildman–Crippen MR) is 82.8 cm³/mol. The molecule has 1 N–H and O–H groups in total. The smallest absolute Gasteiger partial charge is 0.0372 e. The highest BCUT2D eigenvalue weighted by Gasteiger charge is 2.18. The van der Waals surface area contributed by atoms with Gasteiger partial charge in [-0.2, -0.15) is 0 Å². The van der Waals surface area contributed by atoms with E-state index in [1.165, 1.54) is 43.7 Å². The van der Waals surface area contributed by atoms with E-state index in [0.29, 0.717) is 0 Å². The third-order valence-electron chi connectivity index (χ3n) is 3.82. The summed E-state index contributed by atoms with van der Waals surface area (Å²) in [6.45, 7) is 4.66. The number of hydrogen-bond donors (Lipinski definition) is 1. The Hall–Kier alpha value is -1.06. The molecule has 0 spiro atoms. The maximum absolute atomic E-state index is 3.56. The van der Waals surface area contributed by atoms with Gasteiger partial charge in [0, 0.05) is 18.8 Å². The number of benzene rings is 1. The van der Waals surface area contributed by atoms with E-state index in [2.05, 4.69) is 60.5 Å². The summed E-state index contributed by atoms with van der Waals surface area (Å²) in [5.41, 5.74) is 2.80. The van der Waals surface area contributed by atoms with Crippen LogP contribution in [0.25, 0.3) is 0 Å². The molecule has 2 rings (SSSR count). The van der Waals surface area contributed by atoms with Crippen LogP contribution in [-0.2, 0) is 6.42 Å². The monoisotopic (exact) mass is 261 g/mol. The fraction of sp³-hybridized carbons (Fsp3) is 0.625. The van der Waals surface area contributed by atoms with Crippen LogP contribution in [0.15, 0.2) is 24.3 Å². The fourth-order valence-corrected chi connectivity index (χ4v) is 2.83. The summed E-state index contributed by atoms with van der Waals surface area (Å²) < 4.78 is 0. The first-order valence-corrected chi connectivity index (χ1v) is 7.30. The number of rotatable bonds is 6. The molecule has 0 saturated carbocycles. The van der Waals surface area contributed by atoms with Gasteiger partial charge in [-0.3, -0.25) is 0 Å². The van der Waals surface area contributed by atoms with Gasteiger partial charge in [0.25, 0.3) is 0 Å². The number of fused-ring (bicyclic) bond motifs is 1. The van der Waals surface area contributed by atoms with Crippen molar-refractivity contribution in [2.75, 3.05) is 52.6 Å². The zero-order chi connectivity index (χ0) is 13.7. The molecule has 1 heterocycles. The lowest BCUT2D eigenvalue weighted by Gasteiger charge is -2.29. The van der Waals surface area contributed by atoms with E-state index in [0.717, 1.165) is 12.5 Å². The van der Waals surface area contributed by atoms with Gasteiger partial charge in [0.05, 0.1) is 0 Å². The van der Waals surface area contributed by atoms with Crippen molar-refractivity contribution in [1.29, 1.82) is 0 Å². The van der Waals surface area contributed by atoms with Gasteiger partial charge in [-0.15, -0.1) is 0 Å². The Labute approximate surface area is 117 Å². The van der Waals surface area contributed by atoms with E-state index in [9.17, 15) is 0 Å². The van der Waals surface area contributed by atoms with Crippen molar-refractivity contribution in [3.63, 3.8) is 0 Å². The number of hydrogen-bond acceptors (Lipinski definition) is 3. The van der Waals surface area contributed by atoms with Crippen molar-refractivity contribution >= 4 is 5.69 Å². The van der Waals surface area contributed by atoms with Crippen LogP contribution in [0.1, 0.15) is 12.0 Å². The van der Waals surface area contributed by atoms with Crippen LogP contribution >= 0.6 is 0 Å². The van der Waals surface area contributed by atoms with E-state index < -0.39 is 0 Å². The van der Waals surface area contributed by atoms with Gasteiger partial charge < -0.3 is 15.1 Å². The number of nitrogens with one attached hydrogen (secondary N) is 1. The van der Waals surface area contributed by atoms with E-state index >= 15 is 0 Å². The van der Waals surface area contributed by atoms with Crippen molar-refractivity contribution in [2.45, 2.75) is 12.8 Å². The molecule has 0 bridgehead atoms. The van der Waals surface area contributed by atoms with E-state index in [4.69, 9.17) is 0 Å². The largest absolute Gasteiger partial charge is 0.384 e. The van der Waals surface area contributed by atoms with Crippen LogP contribution in [0.5, 0.6) is 0 Å². The van der Waals surface area contributed by atoms with Gasteiger partial charge in [-0.1, -0.05) is 18.2 Å². The minimum atomic E-state index is 0.735. The van der Waals surface area contributed by atoms with Gasteiger partial charge >= 0.3 is 0 Å². The Balaban J connectivity index is 1.75. The normalized spacial score (nSPS) is 18.5. The van der Waals surface area contributed by atoms with Crippen LogP contribution in [-0.4, -0.2) is 57.1 Å². The molecular formula is C16H27N3. The molecule has 0 amide bonds. The maximum atomic E-state index is 3.56. The topological polar surface area (TPSA) is 18.5 Å². The summed E-state index contributed by atoms with van der Waals surface area (Å²) in [5.74, 6) is 0.735. The van der Waals surface area contributed by atoms with Crippen molar-refractivity contribution < 1.29 is 0 Å². The Morgan fingerprint density at radius 1 is 1.16 bits per heavy atom. The predicted octanol–water partition coefficient (Wildman–Crippen LogP) is 2.15. The summed E-state index contributed by atoms with van der Waals surface area (Å²) in [7, 11) is 6.53. The van der Waals surface area contributed by atoms with Gasteiger partial charge in [0.2, 0.25) is 0 Å². The highest BCUT2D eigenvalue weighted by Crippen LogP contribution is 2.24. The molecule has 106 valence electrons. The molecular weight excluding hydrogens is 234 g/mol. The van der Waals surface area contributed by atoms with Crippen LogP contribution in [0.2, 0.25) is 0 Å². The van der Waals surface area contributed by atoms with Gasteiger partial charge in [0.1, 0.15) is 0 Å². The van der Waals surface area contributed by atoms with Crippen molar-refractivity contribution in [2.24, 2.45) is 5.92 Å². The molecule has 3 heteroatoms. The van der Waals surface area contributed by atoms with E-state index in [1.807, 2.05) is 0 Å². The Kier molecular flexibility index (Phi) is 5.23. The number of para-hydroxylation sites is 1. The molecule has 0 aromatic heterocycles. The third kappa shape index (κ3) is 4.51. The maximum Gasteiger partial charge on any atom is 0.0372 e. The number of anilines is 1. The first-order valence-electron chi connectivity index (χ1n) is 7.30. The van der Waals surface area contributed by atoms with E-state index in [1.54, 1.807) is 0 Å². The average molecular weight is 261 g/mol. The van der Waals surface area contributed by atoms with Crippen molar-refractivity contribution in [3.8, 4) is 0 Å². The minimum absolute atomic E-state index is 0.735. The summed E-state index contributed by atoms with van der Waals surface area (Å²) in [6.07, 6.45) is 2.46. The Morgan fingerprint density at radius 2 is 1.95 bits per heavy atom. The average Bonchev–Trinajstić information content (AvgIpc) is 2.38. The van der Waals surface area contributed by atoms with E-state index in [-0.39, 0.29) is 0 Å². The lowest BCUT2D eigenvalue weighted by Crippen LogP contribution is -2.34. The lowest BCUT2D eigenvalue weighted by atomic mass is 9.93. The van der Waals surface area contributed by atoms with Gasteiger partial charge in [-0.05, 0) is 64.6 Å². The third-order valence-corrected chi connectivity index (χ3v) is 3.82. The van der Waals surface area contributed by atoms with Gasteiger partial charge in [0.15, 0.2) is 0 Å². The molecule has 3 nitrogen and oxygen atoms in total. The number of nitrogens with zero attached hydrogens (tertiary/aromatic N) is 2. The molecule has 0 fully saturated rings. The Bertz CT molecular complexity index is 389. The lowest BCUT2D eigenvalue weighted by molar-refractivity contribution is 0.261. The highest BCUT2D eigenvalue weighted by molar-refractivity contribution is 5.53. The summed E-state index contributed by atoms with van der Waals surface area (Å²) in [4.78, 5) is 4.73. The standard InChI is InChI=1S/C16H27N3/c1-18(2)9-6-10-19(3)13-14-11-15-7-4-5-8-16(15)17-12-14/h4-5,7-8,14,17H,6,9-13H2,1-3H3. The molecule has 1 aliphatic heterocycles. The first-order chi connectivity index (χ1) is 9.15. The van der Waals surface area contributed by atoms with Gasteiger partial charge in [-0.25, -0.2) is 0 Å². The molecule has 0 radical (unpaired) electrons. The van der Waals surface area contributed by atoms with Crippen LogP contribution in [0.3, 0.4) is 0 Å². The SMILES string of the molecule is CN(C)CCCN(C)CC1CNc2ccccc2C1. The zero-order valence-corrected chi connectivity index (χ0v) is 12.5. The molecule has 1 unspecified atom stereocenters. The second kappa shape index (κ2) is 6.92. The molecule has 1 aromatic rings. The quantitative estimate of drug-likeness (QED) is 0.846. The summed E-state index contributed by atoms with van der Waals surface area (Å²) >= 11 is 0. The first kappa shape index (κ1) is 14.4.